The van der Waals surface area contributed by atoms with Gasteiger partial charge in [-0.05, 0) is 85.1 Å². The minimum Gasteiger partial charge on any atom is -0.493 e. The molecule has 5 rings (SSSR count). The molecule has 1 aliphatic rings. The van der Waals surface area contributed by atoms with Crippen LogP contribution in [0, 0.1) is 21.4 Å². The SMILES string of the molecule is CCOC(=O)C1=C(C)N=c2s/c(=C/c3cc(Br)c(OCc4ccccc4C#N)c([N+](=O)[O-])c3)c(=O)n2[C@H]1c1ccc(OC(C)C)c(OC)c1. The molecule has 2 heterocycles. The second-order valence-electron chi connectivity index (χ2n) is 11.0. The molecule has 0 bridgehead atoms. The van der Waals surface area contributed by atoms with E-state index in [0.29, 0.717) is 44.3 Å². The van der Waals surface area contributed by atoms with Gasteiger partial charge in [-0.3, -0.25) is 19.5 Å². The van der Waals surface area contributed by atoms with Gasteiger partial charge in [0.2, 0.25) is 5.75 Å². The van der Waals surface area contributed by atoms with Crippen molar-refractivity contribution in [1.82, 2.24) is 4.57 Å². The summed E-state index contributed by atoms with van der Waals surface area (Å²) in [5.41, 5.74) is 1.66. The molecule has 252 valence electrons. The number of rotatable bonds is 11. The number of ether oxygens (including phenoxy) is 4. The summed E-state index contributed by atoms with van der Waals surface area (Å²) in [6, 6.07) is 16.1. The van der Waals surface area contributed by atoms with Gasteiger partial charge in [0.25, 0.3) is 5.56 Å². The lowest BCUT2D eigenvalue weighted by molar-refractivity contribution is -0.386. The van der Waals surface area contributed by atoms with Gasteiger partial charge in [0.1, 0.15) is 6.61 Å². The van der Waals surface area contributed by atoms with Gasteiger partial charge >= 0.3 is 11.7 Å². The summed E-state index contributed by atoms with van der Waals surface area (Å²) in [6.45, 7) is 7.20. The molecule has 0 saturated heterocycles. The smallest absolute Gasteiger partial charge is 0.338 e. The minimum atomic E-state index is -0.910. The van der Waals surface area contributed by atoms with Gasteiger partial charge < -0.3 is 18.9 Å². The lowest BCUT2D eigenvalue weighted by Crippen LogP contribution is -2.40. The average Bonchev–Trinajstić information content (AvgIpc) is 3.36. The van der Waals surface area contributed by atoms with E-state index in [1.807, 2.05) is 13.8 Å². The summed E-state index contributed by atoms with van der Waals surface area (Å²) < 4.78 is 24.6. The minimum absolute atomic E-state index is 0.0232. The van der Waals surface area contributed by atoms with Gasteiger partial charge in [-0.1, -0.05) is 35.6 Å². The van der Waals surface area contributed by atoms with E-state index in [1.54, 1.807) is 62.4 Å². The van der Waals surface area contributed by atoms with E-state index in [-0.39, 0.29) is 45.3 Å². The molecule has 0 spiro atoms. The summed E-state index contributed by atoms with van der Waals surface area (Å²) in [4.78, 5) is 44.0. The van der Waals surface area contributed by atoms with Crippen LogP contribution >= 0.6 is 27.3 Å². The number of esters is 1. The highest BCUT2D eigenvalue weighted by Gasteiger charge is 2.34. The van der Waals surface area contributed by atoms with Crippen molar-refractivity contribution in [2.75, 3.05) is 13.7 Å². The summed E-state index contributed by atoms with van der Waals surface area (Å²) in [6.07, 6.45) is 1.41. The first-order valence-electron chi connectivity index (χ1n) is 15.1. The third-order valence-electron chi connectivity index (χ3n) is 7.43. The molecule has 0 unspecified atom stereocenters. The summed E-state index contributed by atoms with van der Waals surface area (Å²) in [7, 11) is 1.50. The van der Waals surface area contributed by atoms with Crippen LogP contribution in [0.2, 0.25) is 0 Å². The third kappa shape index (κ3) is 7.28. The first-order chi connectivity index (χ1) is 23.5. The number of methoxy groups -OCH3 is 1. The predicted molar refractivity (Wildman–Crippen MR) is 185 cm³/mol. The molecule has 49 heavy (non-hydrogen) atoms. The quantitative estimate of drug-likeness (QED) is 0.107. The summed E-state index contributed by atoms with van der Waals surface area (Å²) >= 11 is 4.47. The van der Waals surface area contributed by atoms with Crippen molar-refractivity contribution in [3.8, 4) is 23.3 Å². The number of nitrogens with zero attached hydrogens (tertiary/aromatic N) is 4. The Balaban J connectivity index is 1.62. The Kier molecular flexibility index (Phi) is 10.6. The van der Waals surface area contributed by atoms with E-state index in [4.69, 9.17) is 18.9 Å². The molecular weight excluding hydrogens is 716 g/mol. The molecule has 4 aromatic rings. The highest BCUT2D eigenvalue weighted by molar-refractivity contribution is 9.10. The number of nitriles is 1. The van der Waals surface area contributed by atoms with Crippen molar-refractivity contribution in [2.24, 2.45) is 4.99 Å². The number of carbonyl (C=O) groups is 1. The van der Waals surface area contributed by atoms with Crippen LogP contribution in [0.4, 0.5) is 5.69 Å². The van der Waals surface area contributed by atoms with E-state index in [1.165, 1.54) is 23.8 Å². The van der Waals surface area contributed by atoms with Crippen LogP contribution in [0.1, 0.15) is 56.0 Å². The number of benzene rings is 3. The van der Waals surface area contributed by atoms with Crippen LogP contribution in [0.15, 0.2) is 80.1 Å². The van der Waals surface area contributed by atoms with Gasteiger partial charge in [-0.15, -0.1) is 0 Å². The van der Waals surface area contributed by atoms with E-state index < -0.39 is 22.5 Å². The zero-order valence-electron chi connectivity index (χ0n) is 27.2. The Morgan fingerprint density at radius 3 is 2.63 bits per heavy atom. The number of thiazole rings is 1. The Labute approximate surface area is 293 Å². The summed E-state index contributed by atoms with van der Waals surface area (Å²) in [5.74, 6) is 0.282. The maximum absolute atomic E-state index is 14.1. The maximum Gasteiger partial charge on any atom is 0.338 e. The third-order valence-corrected chi connectivity index (χ3v) is 9.01. The number of nitro benzene ring substituents is 1. The topological polar surface area (TPSA) is 155 Å². The number of halogens is 1. The van der Waals surface area contributed by atoms with Crippen LogP contribution in [0.5, 0.6) is 17.2 Å². The zero-order chi connectivity index (χ0) is 35.4. The normalized spacial score (nSPS) is 14.2. The molecular formula is C35H31BrN4O8S. The number of hydrogen-bond donors (Lipinski definition) is 0. The Hall–Kier alpha value is -5.26. The molecule has 0 aliphatic carbocycles. The van der Waals surface area contributed by atoms with Crippen molar-refractivity contribution in [1.29, 1.82) is 5.26 Å². The highest BCUT2D eigenvalue weighted by Crippen LogP contribution is 2.38. The number of fused-ring (bicyclic) bond motifs is 1. The molecule has 3 aromatic carbocycles. The molecule has 12 nitrogen and oxygen atoms in total. The molecule has 0 fully saturated rings. The van der Waals surface area contributed by atoms with Gasteiger partial charge in [0.05, 0.1) is 62.7 Å². The van der Waals surface area contributed by atoms with Gasteiger partial charge in [-0.2, -0.15) is 5.26 Å². The molecule has 14 heteroatoms. The lowest BCUT2D eigenvalue weighted by Gasteiger charge is -2.25. The lowest BCUT2D eigenvalue weighted by atomic mass is 9.95. The van der Waals surface area contributed by atoms with Crippen molar-refractivity contribution in [3.63, 3.8) is 0 Å². The zero-order valence-corrected chi connectivity index (χ0v) is 29.6. The van der Waals surface area contributed by atoms with Crippen LogP contribution in [0.25, 0.3) is 6.08 Å². The monoisotopic (exact) mass is 746 g/mol. The molecule has 1 atom stereocenters. The number of nitro groups is 1. The molecule has 1 aliphatic heterocycles. The number of hydrogen-bond acceptors (Lipinski definition) is 11. The molecule has 0 radical (unpaired) electrons. The number of aromatic nitrogens is 1. The van der Waals surface area contributed by atoms with Crippen LogP contribution in [-0.2, 0) is 16.1 Å². The fourth-order valence-electron chi connectivity index (χ4n) is 5.33. The van der Waals surface area contributed by atoms with Crippen LogP contribution in [0.3, 0.4) is 0 Å². The van der Waals surface area contributed by atoms with E-state index >= 15 is 0 Å². The number of allylic oxidation sites excluding steroid dienone is 1. The summed E-state index contributed by atoms with van der Waals surface area (Å²) in [5, 5.41) is 21.6. The Morgan fingerprint density at radius 2 is 1.96 bits per heavy atom. The molecule has 1 aromatic heterocycles. The van der Waals surface area contributed by atoms with Crippen molar-refractivity contribution in [2.45, 2.75) is 46.4 Å². The molecule has 0 amide bonds. The Bertz CT molecular complexity index is 2220. The fraction of sp³-hybridized carbons (Fsp3) is 0.257. The van der Waals surface area contributed by atoms with Crippen molar-refractivity contribution >= 4 is 45.0 Å². The van der Waals surface area contributed by atoms with E-state index in [2.05, 4.69) is 27.0 Å². The van der Waals surface area contributed by atoms with Crippen LogP contribution < -0.4 is 29.1 Å². The van der Waals surface area contributed by atoms with Gasteiger partial charge in [0.15, 0.2) is 16.3 Å². The maximum atomic E-state index is 14.1. The number of carbonyl (C=O) groups excluding carboxylic acids is 1. The predicted octanol–water partition coefficient (Wildman–Crippen LogP) is 5.72. The van der Waals surface area contributed by atoms with Gasteiger partial charge in [-0.25, -0.2) is 9.79 Å². The van der Waals surface area contributed by atoms with Crippen LogP contribution in [-0.4, -0.2) is 35.3 Å². The highest BCUT2D eigenvalue weighted by atomic mass is 79.9. The van der Waals surface area contributed by atoms with E-state index in [9.17, 15) is 25.0 Å². The standard InChI is InChI=1S/C35H31BrN4O8S/c1-6-46-34(42)30-20(4)38-35-39(31(30)22-11-12-27(48-19(2)3)28(16-22)45-5)33(41)29(49-35)15-21-13-25(36)32(26(14-21)40(43)44)47-18-24-10-8-7-9-23(24)17-37/h7-16,19,31H,6,18H2,1-5H3/b29-15+/t31-/m0/s1. The Morgan fingerprint density at radius 1 is 1.20 bits per heavy atom. The van der Waals surface area contributed by atoms with E-state index in [0.717, 1.165) is 11.3 Å². The average molecular weight is 748 g/mol. The molecule has 0 N–H and O–H groups in total. The van der Waals surface area contributed by atoms with Crippen molar-refractivity contribution in [3.05, 3.63) is 122 Å². The van der Waals surface area contributed by atoms with Gasteiger partial charge in [0, 0.05) is 11.6 Å². The van der Waals surface area contributed by atoms with Crippen molar-refractivity contribution < 1.29 is 28.7 Å². The fourth-order valence-corrected chi connectivity index (χ4v) is 6.96. The molecule has 0 saturated carbocycles. The largest absolute Gasteiger partial charge is 0.493 e. The first-order valence-corrected chi connectivity index (χ1v) is 16.7. The first kappa shape index (κ1) is 35.1. The second-order valence-corrected chi connectivity index (χ2v) is 12.9. The second kappa shape index (κ2) is 14.9.